The van der Waals surface area contributed by atoms with Gasteiger partial charge in [0.2, 0.25) is 11.8 Å². The van der Waals surface area contributed by atoms with E-state index in [0.717, 1.165) is 4.88 Å². The van der Waals surface area contributed by atoms with Gasteiger partial charge >= 0.3 is 0 Å². The highest BCUT2D eigenvalue weighted by Crippen LogP contribution is 2.21. The Kier molecular flexibility index (Phi) is 4.00. The predicted octanol–water partition coefficient (Wildman–Crippen LogP) is 0.846. The summed E-state index contributed by atoms with van der Waals surface area (Å²) in [6.07, 6.45) is 5.36. The van der Waals surface area contributed by atoms with Crippen LogP contribution in [-0.4, -0.2) is 29.8 Å². The zero-order valence-corrected chi connectivity index (χ0v) is 10.7. The highest BCUT2D eigenvalue weighted by molar-refractivity contribution is 7.09. The minimum Gasteiger partial charge on any atom is -0.345 e. The van der Waals surface area contributed by atoms with Gasteiger partial charge in [0.05, 0.1) is 19.0 Å². The molecular formula is C13H14N2O2S. The maximum absolute atomic E-state index is 11.8. The molecule has 1 fully saturated rings. The van der Waals surface area contributed by atoms with E-state index in [1.54, 1.807) is 16.2 Å². The largest absolute Gasteiger partial charge is 0.345 e. The van der Waals surface area contributed by atoms with Crippen LogP contribution in [-0.2, 0) is 16.1 Å². The Morgan fingerprint density at radius 1 is 1.67 bits per heavy atom. The average molecular weight is 262 g/mol. The quantitative estimate of drug-likeness (QED) is 0.818. The molecule has 1 aromatic heterocycles. The van der Waals surface area contributed by atoms with Crippen molar-refractivity contribution in [3.05, 3.63) is 22.4 Å². The third-order valence-electron chi connectivity index (χ3n) is 2.88. The van der Waals surface area contributed by atoms with Gasteiger partial charge < -0.3 is 10.2 Å². The smallest absolute Gasteiger partial charge is 0.226 e. The number of carbonyl (C=O) groups is 2. The minimum atomic E-state index is -0.272. The van der Waals surface area contributed by atoms with Crippen molar-refractivity contribution >= 4 is 23.2 Å². The fraction of sp³-hybridized carbons (Fsp3) is 0.385. The number of likely N-dealkylation sites (tertiary alicyclic amines) is 1. The van der Waals surface area contributed by atoms with Crippen LogP contribution in [0.25, 0.3) is 0 Å². The number of terminal acetylenes is 1. The van der Waals surface area contributed by atoms with Gasteiger partial charge in [-0.3, -0.25) is 9.59 Å². The molecule has 4 nitrogen and oxygen atoms in total. The van der Waals surface area contributed by atoms with Crippen molar-refractivity contribution in [3.63, 3.8) is 0 Å². The van der Waals surface area contributed by atoms with E-state index < -0.39 is 0 Å². The molecule has 2 rings (SSSR count). The van der Waals surface area contributed by atoms with E-state index in [9.17, 15) is 9.59 Å². The zero-order chi connectivity index (χ0) is 13.0. The highest BCUT2D eigenvalue weighted by Gasteiger charge is 2.34. The molecule has 0 bridgehead atoms. The lowest BCUT2D eigenvalue weighted by molar-refractivity contribution is -0.129. The van der Waals surface area contributed by atoms with Crippen LogP contribution in [0.2, 0.25) is 0 Å². The van der Waals surface area contributed by atoms with Gasteiger partial charge in [0, 0.05) is 17.8 Å². The molecule has 1 N–H and O–H groups in total. The molecule has 1 saturated heterocycles. The predicted molar refractivity (Wildman–Crippen MR) is 69.7 cm³/mol. The van der Waals surface area contributed by atoms with Crippen molar-refractivity contribution in [2.75, 3.05) is 13.1 Å². The molecule has 1 unspecified atom stereocenters. The molecule has 94 valence electrons. The lowest BCUT2D eigenvalue weighted by Gasteiger charge is -2.15. The van der Waals surface area contributed by atoms with Crippen LogP contribution in [0.5, 0.6) is 0 Å². The number of rotatable bonds is 4. The van der Waals surface area contributed by atoms with Crippen molar-refractivity contribution in [1.82, 2.24) is 10.2 Å². The molecule has 0 aromatic carbocycles. The Morgan fingerprint density at radius 3 is 3.17 bits per heavy atom. The highest BCUT2D eigenvalue weighted by atomic mass is 32.1. The number of amides is 2. The number of hydrogen-bond acceptors (Lipinski definition) is 3. The van der Waals surface area contributed by atoms with E-state index in [0.29, 0.717) is 13.1 Å². The first-order chi connectivity index (χ1) is 8.70. The molecule has 1 aliphatic rings. The molecule has 1 aliphatic heterocycles. The van der Waals surface area contributed by atoms with Crippen LogP contribution in [0.3, 0.4) is 0 Å². The second-order valence-electron chi connectivity index (χ2n) is 4.18. The molecule has 2 amide bonds. The lowest BCUT2D eigenvalue weighted by Crippen LogP contribution is -2.32. The average Bonchev–Trinajstić information content (AvgIpc) is 2.98. The van der Waals surface area contributed by atoms with Crippen LogP contribution in [0.1, 0.15) is 11.3 Å². The normalized spacial score (nSPS) is 18.7. The van der Waals surface area contributed by atoms with Gasteiger partial charge in [-0.05, 0) is 11.4 Å². The Hall–Kier alpha value is -1.80. The molecule has 18 heavy (non-hydrogen) atoms. The second kappa shape index (κ2) is 5.69. The zero-order valence-electron chi connectivity index (χ0n) is 9.89. The fourth-order valence-corrected chi connectivity index (χ4v) is 2.69. The number of thiophene rings is 1. The third kappa shape index (κ3) is 2.90. The molecule has 0 radical (unpaired) electrons. The maximum Gasteiger partial charge on any atom is 0.226 e. The summed E-state index contributed by atoms with van der Waals surface area (Å²) in [6, 6.07) is 3.95. The van der Waals surface area contributed by atoms with E-state index in [-0.39, 0.29) is 30.7 Å². The monoisotopic (exact) mass is 262 g/mol. The first-order valence-electron chi connectivity index (χ1n) is 5.72. The number of nitrogens with one attached hydrogen (secondary N) is 1. The summed E-state index contributed by atoms with van der Waals surface area (Å²) in [5.74, 6) is 1.98. The van der Waals surface area contributed by atoms with E-state index in [4.69, 9.17) is 6.42 Å². The number of carbonyl (C=O) groups excluding carboxylic acids is 2. The molecule has 0 aliphatic carbocycles. The summed E-state index contributed by atoms with van der Waals surface area (Å²) >= 11 is 1.61. The van der Waals surface area contributed by atoms with E-state index >= 15 is 0 Å². The molecule has 5 heteroatoms. The van der Waals surface area contributed by atoms with Crippen molar-refractivity contribution < 1.29 is 9.59 Å². The summed E-state index contributed by atoms with van der Waals surface area (Å²) < 4.78 is 0. The standard InChI is InChI=1S/C13H14N2O2S/c1-2-5-14-13(17)10-7-12(16)15(8-10)9-11-4-3-6-18-11/h1,3-4,6,10H,5,7-9H2,(H,14,17). The van der Waals surface area contributed by atoms with Gasteiger partial charge in [0.15, 0.2) is 0 Å². The van der Waals surface area contributed by atoms with Crippen LogP contribution < -0.4 is 5.32 Å². The summed E-state index contributed by atoms with van der Waals surface area (Å²) in [4.78, 5) is 26.4. The number of hydrogen-bond donors (Lipinski definition) is 1. The summed E-state index contributed by atoms with van der Waals surface area (Å²) in [5.41, 5.74) is 0. The maximum atomic E-state index is 11.8. The van der Waals surface area contributed by atoms with E-state index in [1.165, 1.54) is 0 Å². The second-order valence-corrected chi connectivity index (χ2v) is 5.21. The molecule has 0 saturated carbocycles. The Morgan fingerprint density at radius 2 is 2.50 bits per heavy atom. The van der Waals surface area contributed by atoms with Gasteiger partial charge in [-0.1, -0.05) is 12.0 Å². The van der Waals surface area contributed by atoms with Gasteiger partial charge in [-0.25, -0.2) is 0 Å². The van der Waals surface area contributed by atoms with E-state index in [1.807, 2.05) is 17.5 Å². The molecular weight excluding hydrogens is 248 g/mol. The summed E-state index contributed by atoms with van der Waals surface area (Å²) in [5, 5.41) is 4.60. The van der Waals surface area contributed by atoms with Crippen molar-refractivity contribution in [1.29, 1.82) is 0 Å². The number of nitrogens with zero attached hydrogens (tertiary/aromatic N) is 1. The Balaban J connectivity index is 1.91. The topological polar surface area (TPSA) is 49.4 Å². The van der Waals surface area contributed by atoms with Gasteiger partial charge in [-0.2, -0.15) is 0 Å². The van der Waals surface area contributed by atoms with Crippen molar-refractivity contribution in [3.8, 4) is 12.3 Å². The summed E-state index contributed by atoms with van der Waals surface area (Å²) in [6.45, 7) is 1.29. The first-order valence-corrected chi connectivity index (χ1v) is 6.60. The van der Waals surface area contributed by atoms with Gasteiger partial charge in [-0.15, -0.1) is 17.8 Å². The Bertz CT molecular complexity index is 476. The first kappa shape index (κ1) is 12.7. The third-order valence-corrected chi connectivity index (χ3v) is 3.74. The van der Waals surface area contributed by atoms with Crippen molar-refractivity contribution in [2.45, 2.75) is 13.0 Å². The van der Waals surface area contributed by atoms with E-state index in [2.05, 4.69) is 11.2 Å². The van der Waals surface area contributed by atoms with Crippen LogP contribution in [0, 0.1) is 18.3 Å². The minimum absolute atomic E-state index is 0.0317. The van der Waals surface area contributed by atoms with Crippen LogP contribution >= 0.6 is 11.3 Å². The Labute approximate surface area is 110 Å². The van der Waals surface area contributed by atoms with Crippen molar-refractivity contribution in [2.24, 2.45) is 5.92 Å². The van der Waals surface area contributed by atoms with Gasteiger partial charge in [0.1, 0.15) is 0 Å². The van der Waals surface area contributed by atoms with Crippen LogP contribution in [0.15, 0.2) is 17.5 Å². The lowest BCUT2D eigenvalue weighted by atomic mass is 10.1. The summed E-state index contributed by atoms with van der Waals surface area (Å²) in [7, 11) is 0. The molecule has 2 heterocycles. The van der Waals surface area contributed by atoms with Crippen LogP contribution in [0.4, 0.5) is 0 Å². The fourth-order valence-electron chi connectivity index (χ4n) is 1.97. The molecule has 1 atom stereocenters. The molecule has 0 spiro atoms. The molecule has 1 aromatic rings. The SMILES string of the molecule is C#CCNC(=O)C1CC(=O)N(Cc2cccs2)C1. The van der Waals surface area contributed by atoms with Gasteiger partial charge in [0.25, 0.3) is 0 Å².